The second-order valence-corrected chi connectivity index (χ2v) is 7.48. The van der Waals surface area contributed by atoms with Crippen molar-refractivity contribution in [2.24, 2.45) is 5.92 Å². The van der Waals surface area contributed by atoms with Gasteiger partial charge in [-0.2, -0.15) is 0 Å². The number of hydrogen-bond donors (Lipinski definition) is 2. The molecule has 1 aromatic carbocycles. The van der Waals surface area contributed by atoms with Gasteiger partial charge in [-0.3, -0.25) is 9.59 Å². The van der Waals surface area contributed by atoms with Crippen LogP contribution in [0.2, 0.25) is 10.0 Å². The molecule has 0 bridgehead atoms. The normalized spacial score (nSPS) is 25.1. The first-order chi connectivity index (χ1) is 10.9. The smallest absolute Gasteiger partial charge is 0.305 e. The van der Waals surface area contributed by atoms with Gasteiger partial charge in [0, 0.05) is 5.92 Å². The van der Waals surface area contributed by atoms with Gasteiger partial charge in [0.2, 0.25) is 5.91 Å². The Balaban J connectivity index is 1.65. The van der Waals surface area contributed by atoms with Gasteiger partial charge in [0.15, 0.2) is 0 Å². The van der Waals surface area contributed by atoms with Crippen LogP contribution in [0.4, 0.5) is 0 Å². The van der Waals surface area contributed by atoms with Gasteiger partial charge < -0.3 is 10.4 Å². The zero-order valence-corrected chi connectivity index (χ0v) is 14.2. The van der Waals surface area contributed by atoms with E-state index in [1.807, 2.05) is 12.1 Å². The highest BCUT2D eigenvalue weighted by Crippen LogP contribution is 2.49. The van der Waals surface area contributed by atoms with E-state index in [4.69, 9.17) is 28.3 Å². The predicted molar refractivity (Wildman–Crippen MR) is 88.9 cm³/mol. The van der Waals surface area contributed by atoms with Crippen molar-refractivity contribution in [1.29, 1.82) is 0 Å². The Morgan fingerprint density at radius 2 is 1.91 bits per heavy atom. The number of rotatable bonds is 5. The van der Waals surface area contributed by atoms with E-state index in [1.165, 1.54) is 0 Å². The van der Waals surface area contributed by atoms with E-state index in [1.54, 1.807) is 6.07 Å². The minimum Gasteiger partial charge on any atom is -0.481 e. The molecule has 2 N–H and O–H groups in total. The van der Waals surface area contributed by atoms with Crippen LogP contribution in [0.25, 0.3) is 0 Å². The molecule has 4 nitrogen and oxygen atoms in total. The third-order valence-corrected chi connectivity index (χ3v) is 5.68. The number of halogens is 2. The van der Waals surface area contributed by atoms with Crippen molar-refractivity contribution in [3.8, 4) is 0 Å². The van der Waals surface area contributed by atoms with Gasteiger partial charge in [-0.15, -0.1) is 0 Å². The summed E-state index contributed by atoms with van der Waals surface area (Å²) >= 11 is 12.0. The van der Waals surface area contributed by atoms with Crippen LogP contribution in [0.3, 0.4) is 0 Å². The Labute approximate surface area is 145 Å². The topological polar surface area (TPSA) is 66.4 Å². The number of benzene rings is 1. The van der Waals surface area contributed by atoms with Crippen LogP contribution >= 0.6 is 23.2 Å². The number of hydrogen-bond acceptors (Lipinski definition) is 2. The molecule has 6 heteroatoms. The standard InChI is InChI=1S/C17H19Cl2NO3/c18-13-4-3-10(7-14(13)19)11-8-12(11)16(23)20-17(9-15(21)22)5-1-2-6-17/h3-4,7,11-12H,1-2,5-6,8-9H2,(H,20,23)(H,21,22). The maximum atomic E-state index is 12.5. The van der Waals surface area contributed by atoms with Crippen LogP contribution in [0, 0.1) is 5.92 Å². The Bertz CT molecular complexity index is 641. The minimum absolute atomic E-state index is 0.00288. The number of carbonyl (C=O) groups excluding carboxylic acids is 1. The molecule has 0 spiro atoms. The van der Waals surface area contributed by atoms with Crippen LogP contribution in [-0.2, 0) is 9.59 Å². The summed E-state index contributed by atoms with van der Waals surface area (Å²) in [5.74, 6) is -0.847. The monoisotopic (exact) mass is 355 g/mol. The molecular weight excluding hydrogens is 337 g/mol. The van der Waals surface area contributed by atoms with Gasteiger partial charge in [-0.05, 0) is 42.9 Å². The zero-order valence-electron chi connectivity index (χ0n) is 12.6. The average molecular weight is 356 g/mol. The molecule has 0 radical (unpaired) electrons. The van der Waals surface area contributed by atoms with Gasteiger partial charge in [0.1, 0.15) is 0 Å². The lowest BCUT2D eigenvalue weighted by molar-refractivity contribution is -0.139. The number of carboxylic acid groups (broad SMARTS) is 1. The first-order valence-corrected chi connectivity index (χ1v) is 8.65. The lowest BCUT2D eigenvalue weighted by Crippen LogP contribution is -2.48. The zero-order chi connectivity index (χ0) is 16.6. The first kappa shape index (κ1) is 16.6. The molecule has 2 aliphatic rings. The highest BCUT2D eigenvalue weighted by molar-refractivity contribution is 6.42. The number of carboxylic acids is 1. The maximum Gasteiger partial charge on any atom is 0.305 e. The fourth-order valence-electron chi connectivity index (χ4n) is 3.64. The summed E-state index contributed by atoms with van der Waals surface area (Å²) in [6, 6.07) is 5.45. The molecule has 2 unspecified atom stereocenters. The Morgan fingerprint density at radius 3 is 2.52 bits per heavy atom. The molecule has 2 fully saturated rings. The fourth-order valence-corrected chi connectivity index (χ4v) is 3.94. The second kappa shape index (κ2) is 6.33. The van der Waals surface area contributed by atoms with E-state index in [9.17, 15) is 9.59 Å². The van der Waals surface area contributed by atoms with Gasteiger partial charge in [0.25, 0.3) is 0 Å². The summed E-state index contributed by atoms with van der Waals surface area (Å²) in [7, 11) is 0. The highest BCUT2D eigenvalue weighted by atomic mass is 35.5. The van der Waals surface area contributed by atoms with Crippen molar-refractivity contribution in [1.82, 2.24) is 5.32 Å². The summed E-state index contributed by atoms with van der Waals surface area (Å²) in [5.41, 5.74) is 0.450. The quantitative estimate of drug-likeness (QED) is 0.838. The summed E-state index contributed by atoms with van der Waals surface area (Å²) in [5, 5.41) is 13.1. The van der Waals surface area contributed by atoms with Gasteiger partial charge >= 0.3 is 5.97 Å². The van der Waals surface area contributed by atoms with Crippen LogP contribution < -0.4 is 5.32 Å². The molecule has 0 saturated heterocycles. The summed E-state index contributed by atoms with van der Waals surface area (Å²) in [4.78, 5) is 23.6. The Kier molecular flexibility index (Phi) is 4.56. The molecule has 0 aromatic heterocycles. The third kappa shape index (κ3) is 3.64. The van der Waals surface area contributed by atoms with E-state index in [0.717, 1.165) is 37.7 Å². The average Bonchev–Trinajstić information content (AvgIpc) is 3.16. The van der Waals surface area contributed by atoms with Crippen LogP contribution in [0.5, 0.6) is 0 Å². The van der Waals surface area contributed by atoms with Crippen molar-refractivity contribution >= 4 is 35.1 Å². The van der Waals surface area contributed by atoms with E-state index in [0.29, 0.717) is 10.0 Å². The maximum absolute atomic E-state index is 12.5. The van der Waals surface area contributed by atoms with Gasteiger partial charge in [0.05, 0.1) is 22.0 Å². The van der Waals surface area contributed by atoms with Crippen molar-refractivity contribution < 1.29 is 14.7 Å². The Hall–Kier alpha value is -1.26. The number of carbonyl (C=O) groups is 2. The molecule has 23 heavy (non-hydrogen) atoms. The summed E-state index contributed by atoms with van der Waals surface area (Å²) in [6.07, 6.45) is 4.20. The van der Waals surface area contributed by atoms with E-state index >= 15 is 0 Å². The second-order valence-electron chi connectivity index (χ2n) is 6.67. The lowest BCUT2D eigenvalue weighted by Gasteiger charge is -2.28. The number of nitrogens with one attached hydrogen (secondary N) is 1. The van der Waals surface area contributed by atoms with Gasteiger partial charge in [-0.1, -0.05) is 42.1 Å². The van der Waals surface area contributed by atoms with Crippen molar-refractivity contribution in [3.05, 3.63) is 33.8 Å². The summed E-state index contributed by atoms with van der Waals surface area (Å²) in [6.45, 7) is 0. The molecule has 0 aliphatic heterocycles. The van der Waals surface area contributed by atoms with Gasteiger partial charge in [-0.25, -0.2) is 0 Å². The molecule has 3 rings (SSSR count). The van der Waals surface area contributed by atoms with E-state index in [2.05, 4.69) is 5.32 Å². The molecule has 124 valence electrons. The molecule has 2 saturated carbocycles. The van der Waals surface area contributed by atoms with Crippen LogP contribution in [-0.4, -0.2) is 22.5 Å². The predicted octanol–water partition coefficient (Wildman–Crippen LogP) is 4.00. The molecular formula is C17H19Cl2NO3. The lowest BCUT2D eigenvalue weighted by atomic mass is 9.92. The largest absolute Gasteiger partial charge is 0.481 e. The number of aliphatic carboxylic acids is 1. The van der Waals surface area contributed by atoms with Crippen LogP contribution in [0.15, 0.2) is 18.2 Å². The first-order valence-electron chi connectivity index (χ1n) is 7.89. The van der Waals surface area contributed by atoms with Crippen LogP contribution in [0.1, 0.15) is 50.0 Å². The van der Waals surface area contributed by atoms with Crippen molar-refractivity contribution in [3.63, 3.8) is 0 Å². The molecule has 2 atom stereocenters. The molecule has 1 aromatic rings. The minimum atomic E-state index is -0.857. The molecule has 1 amide bonds. The third-order valence-electron chi connectivity index (χ3n) is 4.94. The Morgan fingerprint density at radius 1 is 1.22 bits per heavy atom. The van der Waals surface area contributed by atoms with Crippen molar-refractivity contribution in [2.45, 2.75) is 50.0 Å². The van der Waals surface area contributed by atoms with E-state index in [-0.39, 0.29) is 24.2 Å². The highest BCUT2D eigenvalue weighted by Gasteiger charge is 2.47. The van der Waals surface area contributed by atoms with E-state index < -0.39 is 11.5 Å². The molecule has 0 heterocycles. The SMILES string of the molecule is O=C(O)CC1(NC(=O)C2CC2c2ccc(Cl)c(Cl)c2)CCCC1. The fraction of sp³-hybridized carbons (Fsp3) is 0.529. The molecule has 2 aliphatic carbocycles. The van der Waals surface area contributed by atoms with Crippen molar-refractivity contribution in [2.75, 3.05) is 0 Å². The number of amides is 1. The summed E-state index contributed by atoms with van der Waals surface area (Å²) < 4.78 is 0.